The number of pyridine rings is 1. The molecular weight excluding hydrogens is 333 g/mol. The number of anilines is 1. The molecule has 1 N–H and O–H groups in total. The second-order valence-electron chi connectivity index (χ2n) is 6.80. The first-order chi connectivity index (χ1) is 11.7. The fourth-order valence-electron chi connectivity index (χ4n) is 3.36. The Morgan fingerprint density at radius 3 is 2.68 bits per heavy atom. The SMILES string of the molecule is CC[C@@H]1COc2c(ccc3[nH]c(=O)cc(C(F)(F)F)c23)N1CC(C)C. The van der Waals surface area contributed by atoms with Crippen molar-refractivity contribution in [1.82, 2.24) is 4.98 Å². The summed E-state index contributed by atoms with van der Waals surface area (Å²) in [6, 6.07) is 3.98. The lowest BCUT2D eigenvalue weighted by Gasteiger charge is -2.40. The summed E-state index contributed by atoms with van der Waals surface area (Å²) in [5.74, 6) is 0.555. The van der Waals surface area contributed by atoms with Gasteiger partial charge in [0.15, 0.2) is 5.75 Å². The highest BCUT2D eigenvalue weighted by Crippen LogP contribution is 2.45. The number of H-pyrrole nitrogens is 1. The van der Waals surface area contributed by atoms with Crippen LogP contribution in [0, 0.1) is 5.92 Å². The van der Waals surface area contributed by atoms with Crippen molar-refractivity contribution in [3.63, 3.8) is 0 Å². The molecule has 1 aromatic carbocycles. The van der Waals surface area contributed by atoms with Gasteiger partial charge in [-0.3, -0.25) is 4.79 Å². The van der Waals surface area contributed by atoms with Gasteiger partial charge in [-0.1, -0.05) is 20.8 Å². The van der Waals surface area contributed by atoms with Gasteiger partial charge < -0.3 is 14.6 Å². The Bertz CT molecular complexity index is 843. The third kappa shape index (κ3) is 3.19. The maximum absolute atomic E-state index is 13.5. The number of alkyl halides is 3. The van der Waals surface area contributed by atoms with Crippen LogP contribution in [0.5, 0.6) is 5.75 Å². The summed E-state index contributed by atoms with van der Waals surface area (Å²) in [5.41, 5.74) is -0.946. The molecule has 0 bridgehead atoms. The number of aromatic amines is 1. The lowest BCUT2D eigenvalue weighted by Crippen LogP contribution is -2.44. The molecule has 0 saturated carbocycles. The Balaban J connectivity index is 2.28. The first-order valence-corrected chi connectivity index (χ1v) is 8.39. The molecule has 2 aromatic rings. The minimum atomic E-state index is -4.63. The largest absolute Gasteiger partial charge is 0.489 e. The van der Waals surface area contributed by atoms with Gasteiger partial charge in [-0.05, 0) is 24.5 Å². The van der Waals surface area contributed by atoms with Gasteiger partial charge in [-0.15, -0.1) is 0 Å². The molecule has 1 aliphatic rings. The van der Waals surface area contributed by atoms with Crippen LogP contribution in [-0.2, 0) is 6.18 Å². The summed E-state index contributed by atoms with van der Waals surface area (Å²) < 4.78 is 46.3. The minimum Gasteiger partial charge on any atom is -0.489 e. The van der Waals surface area contributed by atoms with E-state index in [9.17, 15) is 18.0 Å². The van der Waals surface area contributed by atoms with Crippen molar-refractivity contribution in [3.8, 4) is 5.75 Å². The molecule has 2 heterocycles. The van der Waals surface area contributed by atoms with Crippen LogP contribution in [0.25, 0.3) is 10.9 Å². The summed E-state index contributed by atoms with van der Waals surface area (Å²) in [5, 5.41) is -0.0760. The van der Waals surface area contributed by atoms with Crippen molar-refractivity contribution in [2.24, 2.45) is 5.92 Å². The van der Waals surface area contributed by atoms with Crippen molar-refractivity contribution in [2.75, 3.05) is 18.1 Å². The van der Waals surface area contributed by atoms with Gasteiger partial charge in [-0.25, -0.2) is 0 Å². The highest BCUT2D eigenvalue weighted by Gasteiger charge is 2.37. The molecule has 0 fully saturated rings. The molecule has 0 unspecified atom stereocenters. The predicted molar refractivity (Wildman–Crippen MR) is 91.3 cm³/mol. The smallest absolute Gasteiger partial charge is 0.417 e. The summed E-state index contributed by atoms with van der Waals surface area (Å²) in [7, 11) is 0. The van der Waals surface area contributed by atoms with E-state index in [2.05, 4.69) is 23.7 Å². The van der Waals surface area contributed by atoms with Crippen molar-refractivity contribution in [1.29, 1.82) is 0 Å². The normalized spacial score (nSPS) is 17.7. The van der Waals surface area contributed by atoms with Gasteiger partial charge in [-0.2, -0.15) is 13.2 Å². The molecule has 0 spiro atoms. The summed E-state index contributed by atoms with van der Waals surface area (Å²) >= 11 is 0. The molecule has 0 saturated heterocycles. The first kappa shape index (κ1) is 17.6. The molecule has 25 heavy (non-hydrogen) atoms. The molecule has 0 aliphatic carbocycles. The van der Waals surface area contributed by atoms with Gasteiger partial charge in [0.05, 0.1) is 28.2 Å². The lowest BCUT2D eigenvalue weighted by atomic mass is 10.0. The maximum atomic E-state index is 13.5. The van der Waals surface area contributed by atoms with E-state index in [1.807, 2.05) is 6.92 Å². The average Bonchev–Trinajstić information content (AvgIpc) is 2.52. The Labute approximate surface area is 143 Å². The topological polar surface area (TPSA) is 45.3 Å². The number of ether oxygens (including phenoxy) is 1. The minimum absolute atomic E-state index is 0.0760. The molecule has 1 atom stereocenters. The molecule has 0 amide bonds. The van der Waals surface area contributed by atoms with Gasteiger partial charge in [0.2, 0.25) is 5.56 Å². The van der Waals surface area contributed by atoms with Crippen LogP contribution in [0.2, 0.25) is 0 Å². The standard InChI is InChI=1S/C18H21F3N2O2/c1-4-11-9-25-17-14(23(11)8-10(2)3)6-5-13-16(17)12(18(19,20)21)7-15(24)22-13/h5-7,10-11H,4,8-9H2,1-3H3,(H,22,24)/t11-/m1/s1. The molecule has 1 aliphatic heterocycles. The predicted octanol–water partition coefficient (Wildman–Crippen LogP) is 4.18. The van der Waals surface area contributed by atoms with E-state index in [-0.39, 0.29) is 22.7 Å². The Morgan fingerprint density at radius 1 is 1.36 bits per heavy atom. The third-order valence-corrected chi connectivity index (χ3v) is 4.45. The van der Waals surface area contributed by atoms with Crippen molar-refractivity contribution < 1.29 is 17.9 Å². The fourth-order valence-corrected chi connectivity index (χ4v) is 3.36. The van der Waals surface area contributed by atoms with E-state index < -0.39 is 17.3 Å². The molecule has 136 valence electrons. The number of nitrogens with one attached hydrogen (secondary N) is 1. The molecule has 0 radical (unpaired) electrons. The second kappa shape index (κ2) is 6.28. The van der Waals surface area contributed by atoms with Gasteiger partial charge in [0, 0.05) is 12.6 Å². The monoisotopic (exact) mass is 354 g/mol. The van der Waals surface area contributed by atoms with E-state index in [1.165, 1.54) is 6.07 Å². The number of hydrogen-bond acceptors (Lipinski definition) is 3. The summed E-state index contributed by atoms with van der Waals surface area (Å²) in [6.45, 7) is 7.23. The van der Waals surface area contributed by atoms with Crippen molar-refractivity contribution >= 4 is 16.6 Å². The number of hydrogen-bond donors (Lipinski definition) is 1. The van der Waals surface area contributed by atoms with E-state index in [1.54, 1.807) is 6.07 Å². The van der Waals surface area contributed by atoms with E-state index in [4.69, 9.17) is 4.74 Å². The Morgan fingerprint density at radius 2 is 2.08 bits per heavy atom. The fraction of sp³-hybridized carbons (Fsp3) is 0.500. The zero-order valence-electron chi connectivity index (χ0n) is 14.4. The first-order valence-electron chi connectivity index (χ1n) is 8.39. The highest BCUT2D eigenvalue weighted by molar-refractivity contribution is 5.94. The average molecular weight is 354 g/mol. The Hall–Kier alpha value is -2.18. The van der Waals surface area contributed by atoms with Gasteiger partial charge in [0.1, 0.15) is 6.61 Å². The molecule has 7 heteroatoms. The molecular formula is C18H21F3N2O2. The molecule has 3 rings (SSSR count). The number of halogens is 3. The second-order valence-corrected chi connectivity index (χ2v) is 6.80. The van der Waals surface area contributed by atoms with Crippen LogP contribution in [-0.4, -0.2) is 24.2 Å². The van der Waals surface area contributed by atoms with E-state index in [0.717, 1.165) is 13.0 Å². The number of nitrogens with zero attached hydrogens (tertiary/aromatic N) is 1. The van der Waals surface area contributed by atoms with Crippen molar-refractivity contribution in [3.05, 3.63) is 34.1 Å². The number of fused-ring (bicyclic) bond motifs is 3. The van der Waals surface area contributed by atoms with E-state index >= 15 is 0 Å². The van der Waals surface area contributed by atoms with Gasteiger partial charge in [0.25, 0.3) is 0 Å². The molecule has 4 nitrogen and oxygen atoms in total. The number of rotatable bonds is 3. The molecule has 1 aromatic heterocycles. The van der Waals surface area contributed by atoms with Crippen molar-refractivity contribution in [2.45, 2.75) is 39.4 Å². The van der Waals surface area contributed by atoms with Crippen LogP contribution < -0.4 is 15.2 Å². The van der Waals surface area contributed by atoms with Crippen LogP contribution in [0.3, 0.4) is 0 Å². The zero-order valence-corrected chi connectivity index (χ0v) is 14.4. The number of benzene rings is 1. The van der Waals surface area contributed by atoms with Crippen LogP contribution >= 0.6 is 0 Å². The van der Waals surface area contributed by atoms with Crippen LogP contribution in [0.15, 0.2) is 23.0 Å². The lowest BCUT2D eigenvalue weighted by molar-refractivity contribution is -0.136. The van der Waals surface area contributed by atoms with Crippen LogP contribution in [0.1, 0.15) is 32.8 Å². The quantitative estimate of drug-likeness (QED) is 0.899. The maximum Gasteiger partial charge on any atom is 0.417 e. The third-order valence-electron chi connectivity index (χ3n) is 4.45. The van der Waals surface area contributed by atoms with Crippen LogP contribution in [0.4, 0.5) is 18.9 Å². The zero-order chi connectivity index (χ0) is 18.4. The Kier molecular flexibility index (Phi) is 4.43. The number of aromatic nitrogens is 1. The summed E-state index contributed by atoms with van der Waals surface area (Å²) in [6.07, 6.45) is -3.79. The van der Waals surface area contributed by atoms with E-state index in [0.29, 0.717) is 24.3 Å². The van der Waals surface area contributed by atoms with Gasteiger partial charge >= 0.3 is 6.18 Å². The highest BCUT2D eigenvalue weighted by atomic mass is 19.4. The summed E-state index contributed by atoms with van der Waals surface area (Å²) in [4.78, 5) is 16.2.